The fraction of sp³-hybridized carbons (Fsp3) is 0.556. The van der Waals surface area contributed by atoms with E-state index < -0.39 is 5.60 Å². The lowest BCUT2D eigenvalue weighted by molar-refractivity contribution is -0.191. The van der Waals surface area contributed by atoms with Gasteiger partial charge in [0.25, 0.3) is 0 Å². The van der Waals surface area contributed by atoms with Crippen LogP contribution in [0.15, 0.2) is 48.5 Å². The number of rotatable bonds is 5. The van der Waals surface area contributed by atoms with Crippen molar-refractivity contribution in [2.75, 3.05) is 13.1 Å². The Kier molecular flexibility index (Phi) is 3.95. The molecule has 1 spiro atoms. The van der Waals surface area contributed by atoms with Gasteiger partial charge in [-0.15, -0.1) is 0 Å². The van der Waals surface area contributed by atoms with Crippen molar-refractivity contribution in [3.05, 3.63) is 65.2 Å². The van der Waals surface area contributed by atoms with E-state index in [4.69, 9.17) is 4.74 Å². The fourth-order valence-corrected chi connectivity index (χ4v) is 7.51. The number of hydrogen-bond donors (Lipinski definition) is 2. The van der Waals surface area contributed by atoms with Crippen molar-refractivity contribution in [2.24, 2.45) is 5.92 Å². The minimum Gasteiger partial charge on any atom is -0.487 e. The third-order valence-corrected chi connectivity index (χ3v) is 9.07. The van der Waals surface area contributed by atoms with Crippen LogP contribution in [0, 0.1) is 5.92 Å². The third kappa shape index (κ3) is 2.53. The van der Waals surface area contributed by atoms with Gasteiger partial charge in [0, 0.05) is 30.7 Å². The van der Waals surface area contributed by atoms with Crippen molar-refractivity contribution in [3.63, 3.8) is 0 Å². The van der Waals surface area contributed by atoms with Gasteiger partial charge in [0.1, 0.15) is 11.9 Å². The average molecular weight is 417 g/mol. The molecule has 2 saturated carbocycles. The van der Waals surface area contributed by atoms with Crippen molar-refractivity contribution < 1.29 is 9.84 Å². The van der Waals surface area contributed by atoms with Crippen LogP contribution < -0.4 is 10.1 Å². The Hall–Kier alpha value is -1.88. The molecular weight excluding hydrogens is 384 g/mol. The van der Waals surface area contributed by atoms with Crippen molar-refractivity contribution >= 4 is 0 Å². The standard InChI is InChI=1S/C27H32N2O2/c30-27-12-11-21(28-16-18-5-2-1-3-6-18)25-26(27)13-14-29(17-19-9-10-19)23(27)15-20-7-4-8-22(31-25)24(20)26/h1-8,19,21,23,25,28,30H,9-17H2/t21-,23+,25-,26-,27+/m0/s1. The molecule has 0 unspecified atom stereocenters. The Morgan fingerprint density at radius 3 is 2.74 bits per heavy atom. The second kappa shape index (κ2) is 6.57. The van der Waals surface area contributed by atoms with Gasteiger partial charge in [-0.1, -0.05) is 42.5 Å². The van der Waals surface area contributed by atoms with Gasteiger partial charge in [-0.3, -0.25) is 4.90 Å². The zero-order valence-electron chi connectivity index (χ0n) is 18.1. The Morgan fingerprint density at radius 1 is 1.03 bits per heavy atom. The first-order valence-corrected chi connectivity index (χ1v) is 12.2. The number of nitrogens with zero attached hydrogens (tertiary/aromatic N) is 1. The summed E-state index contributed by atoms with van der Waals surface area (Å²) >= 11 is 0. The minimum absolute atomic E-state index is 0.0111. The molecule has 2 heterocycles. The molecule has 2 N–H and O–H groups in total. The molecule has 162 valence electrons. The van der Waals surface area contributed by atoms with Crippen LogP contribution in [0.3, 0.4) is 0 Å². The van der Waals surface area contributed by atoms with E-state index in [1.54, 1.807) is 0 Å². The zero-order chi connectivity index (χ0) is 20.6. The molecule has 1 saturated heterocycles. The highest BCUT2D eigenvalue weighted by Crippen LogP contribution is 2.64. The van der Waals surface area contributed by atoms with Gasteiger partial charge in [0.05, 0.1) is 11.0 Å². The third-order valence-electron chi connectivity index (χ3n) is 9.07. The summed E-state index contributed by atoms with van der Waals surface area (Å²) in [6.45, 7) is 3.10. The Bertz CT molecular complexity index is 1010. The smallest absolute Gasteiger partial charge is 0.127 e. The van der Waals surface area contributed by atoms with Gasteiger partial charge in [0.2, 0.25) is 0 Å². The quantitative estimate of drug-likeness (QED) is 0.784. The minimum atomic E-state index is -0.685. The second-order valence-corrected chi connectivity index (χ2v) is 10.6. The number of likely N-dealkylation sites (tertiary alicyclic amines) is 1. The van der Waals surface area contributed by atoms with Gasteiger partial charge in [-0.25, -0.2) is 0 Å². The SMILES string of the molecule is O[C@@]12CC[C@H](NCc3ccccc3)[C@@H]3Oc4cccc5c4[C@@]31CCN(CC1CC1)[C@@H]2C5. The monoisotopic (exact) mass is 416 g/mol. The molecule has 5 aliphatic rings. The van der Waals surface area contributed by atoms with Crippen molar-refractivity contribution in [2.45, 2.75) is 74.3 Å². The molecule has 7 rings (SSSR count). The molecule has 2 aromatic carbocycles. The summed E-state index contributed by atoms with van der Waals surface area (Å²) in [5, 5.41) is 16.3. The average Bonchev–Trinajstić information content (AvgIpc) is 3.53. The lowest BCUT2D eigenvalue weighted by atomic mass is 9.48. The molecular formula is C27H32N2O2. The van der Waals surface area contributed by atoms with Gasteiger partial charge < -0.3 is 15.2 Å². The van der Waals surface area contributed by atoms with E-state index in [1.807, 2.05) is 0 Å². The van der Waals surface area contributed by atoms with E-state index in [2.05, 4.69) is 58.7 Å². The first-order valence-electron chi connectivity index (χ1n) is 12.2. The maximum atomic E-state index is 12.5. The molecule has 31 heavy (non-hydrogen) atoms. The zero-order valence-corrected chi connectivity index (χ0v) is 18.1. The summed E-state index contributed by atoms with van der Waals surface area (Å²) in [5.74, 6) is 1.88. The molecule has 2 bridgehead atoms. The Balaban J connectivity index is 1.27. The van der Waals surface area contributed by atoms with Crippen LogP contribution in [-0.2, 0) is 18.4 Å². The number of aliphatic hydroxyl groups is 1. The van der Waals surface area contributed by atoms with E-state index in [0.717, 1.165) is 50.4 Å². The van der Waals surface area contributed by atoms with E-state index in [0.29, 0.717) is 0 Å². The second-order valence-electron chi connectivity index (χ2n) is 10.6. The first-order chi connectivity index (χ1) is 15.2. The van der Waals surface area contributed by atoms with Crippen LogP contribution in [0.4, 0.5) is 0 Å². The van der Waals surface area contributed by atoms with Gasteiger partial charge in [-0.05, 0) is 68.2 Å². The first kappa shape index (κ1) is 18.7. The molecule has 3 aliphatic carbocycles. The highest BCUT2D eigenvalue weighted by Gasteiger charge is 2.72. The molecule has 4 nitrogen and oxygen atoms in total. The normalized spacial score (nSPS) is 37.9. The van der Waals surface area contributed by atoms with Gasteiger partial charge in [0.15, 0.2) is 0 Å². The van der Waals surface area contributed by atoms with Crippen molar-refractivity contribution in [3.8, 4) is 5.75 Å². The molecule has 4 heteroatoms. The molecule has 2 aromatic rings. The van der Waals surface area contributed by atoms with Crippen molar-refractivity contribution in [1.29, 1.82) is 0 Å². The van der Waals surface area contributed by atoms with Crippen LogP contribution in [-0.4, -0.2) is 46.9 Å². The Labute approximate surface area is 184 Å². The molecule has 0 aromatic heterocycles. The van der Waals surface area contributed by atoms with Gasteiger partial charge in [-0.2, -0.15) is 0 Å². The van der Waals surface area contributed by atoms with E-state index >= 15 is 0 Å². The number of nitrogens with one attached hydrogen (secondary N) is 1. The summed E-state index contributed by atoms with van der Waals surface area (Å²) in [5.41, 5.74) is 3.11. The van der Waals surface area contributed by atoms with Crippen LogP contribution in [0.1, 0.15) is 48.8 Å². The number of hydrogen-bond acceptors (Lipinski definition) is 4. The Morgan fingerprint density at radius 2 is 1.90 bits per heavy atom. The van der Waals surface area contributed by atoms with E-state index in [1.165, 1.54) is 36.1 Å². The van der Waals surface area contributed by atoms with E-state index in [-0.39, 0.29) is 23.6 Å². The predicted octanol–water partition coefficient (Wildman–Crippen LogP) is 3.41. The molecule has 5 atom stereocenters. The largest absolute Gasteiger partial charge is 0.487 e. The number of benzene rings is 2. The van der Waals surface area contributed by atoms with Crippen LogP contribution >= 0.6 is 0 Å². The molecule has 3 fully saturated rings. The van der Waals surface area contributed by atoms with Crippen molar-refractivity contribution in [1.82, 2.24) is 10.2 Å². The lowest BCUT2D eigenvalue weighted by Crippen LogP contribution is -2.78. The molecule has 0 amide bonds. The number of ether oxygens (including phenoxy) is 1. The lowest BCUT2D eigenvalue weighted by Gasteiger charge is -2.64. The predicted molar refractivity (Wildman–Crippen MR) is 120 cm³/mol. The van der Waals surface area contributed by atoms with Crippen LogP contribution in [0.5, 0.6) is 5.75 Å². The maximum Gasteiger partial charge on any atom is 0.127 e. The van der Waals surface area contributed by atoms with Crippen LogP contribution in [0.2, 0.25) is 0 Å². The van der Waals surface area contributed by atoms with E-state index in [9.17, 15) is 5.11 Å². The highest BCUT2D eigenvalue weighted by molar-refractivity contribution is 5.57. The fourth-order valence-electron chi connectivity index (χ4n) is 7.51. The summed E-state index contributed by atoms with van der Waals surface area (Å²) in [6.07, 6.45) is 6.54. The summed E-state index contributed by atoms with van der Waals surface area (Å²) in [7, 11) is 0. The highest BCUT2D eigenvalue weighted by atomic mass is 16.5. The summed E-state index contributed by atoms with van der Waals surface area (Å²) in [4.78, 5) is 2.64. The summed E-state index contributed by atoms with van der Waals surface area (Å²) in [6, 6.07) is 17.7. The molecule has 0 radical (unpaired) electrons. The maximum absolute atomic E-state index is 12.5. The molecule has 2 aliphatic heterocycles. The summed E-state index contributed by atoms with van der Waals surface area (Å²) < 4.78 is 6.73. The topological polar surface area (TPSA) is 44.7 Å². The van der Waals surface area contributed by atoms with Gasteiger partial charge >= 0.3 is 0 Å². The van der Waals surface area contributed by atoms with Crippen LogP contribution in [0.25, 0.3) is 0 Å². The number of piperidine rings is 1.